The van der Waals surface area contributed by atoms with Crippen LogP contribution in [0.2, 0.25) is 0 Å². The van der Waals surface area contributed by atoms with Crippen LogP contribution in [0.15, 0.2) is 77.3 Å². The van der Waals surface area contributed by atoms with Gasteiger partial charge in [0.2, 0.25) is 0 Å². The molecular weight excluding hydrogens is 442 g/mol. The number of aromatic nitrogens is 4. The molecule has 2 aromatic heterocycles. The number of fused-ring (bicyclic) bond motifs is 1. The monoisotopic (exact) mass is 465 g/mol. The number of nitrogens with zero attached hydrogens (tertiary/aromatic N) is 4. The van der Waals surface area contributed by atoms with Crippen molar-refractivity contribution in [2.24, 2.45) is 0 Å². The van der Waals surface area contributed by atoms with Crippen molar-refractivity contribution in [1.82, 2.24) is 20.2 Å². The fraction of sp³-hybridized carbons (Fsp3) is 0.148. The zero-order valence-corrected chi connectivity index (χ0v) is 19.4. The normalized spacial score (nSPS) is 11.0. The smallest absolute Gasteiger partial charge is 0.278 e. The minimum absolute atomic E-state index is 0.0312. The molecule has 3 aromatic carbocycles. The van der Waals surface area contributed by atoms with Crippen molar-refractivity contribution >= 4 is 28.3 Å². The Hall–Kier alpha value is -4.59. The van der Waals surface area contributed by atoms with Gasteiger partial charge in [-0.1, -0.05) is 54.0 Å². The van der Waals surface area contributed by atoms with E-state index in [1.165, 1.54) is 6.92 Å². The number of amides is 1. The summed E-state index contributed by atoms with van der Waals surface area (Å²) in [5, 5.41) is 16.4. The second kappa shape index (κ2) is 9.34. The van der Waals surface area contributed by atoms with E-state index in [4.69, 9.17) is 4.52 Å². The van der Waals surface area contributed by atoms with Crippen molar-refractivity contribution in [2.75, 3.05) is 5.32 Å². The van der Waals surface area contributed by atoms with Gasteiger partial charge in [-0.3, -0.25) is 9.59 Å². The van der Waals surface area contributed by atoms with Crippen molar-refractivity contribution in [3.63, 3.8) is 0 Å². The molecule has 174 valence electrons. The van der Waals surface area contributed by atoms with Gasteiger partial charge in [-0.05, 0) is 55.8 Å². The summed E-state index contributed by atoms with van der Waals surface area (Å²) in [6.07, 6.45) is 1.43. The fourth-order valence-corrected chi connectivity index (χ4v) is 3.98. The number of ketones is 1. The lowest BCUT2D eigenvalue weighted by molar-refractivity contribution is 0.101. The predicted molar refractivity (Wildman–Crippen MR) is 133 cm³/mol. The number of carbonyl (C=O) groups is 2. The molecule has 8 nitrogen and oxygen atoms in total. The number of benzene rings is 3. The Bertz CT molecular complexity index is 1520. The first-order valence-electron chi connectivity index (χ1n) is 11.4. The number of rotatable bonds is 7. The van der Waals surface area contributed by atoms with Gasteiger partial charge in [-0.15, -0.1) is 5.10 Å². The quantitative estimate of drug-likeness (QED) is 0.319. The Labute approximate surface area is 201 Å². The van der Waals surface area contributed by atoms with Crippen LogP contribution in [0, 0.1) is 0 Å². The topological polar surface area (TPSA) is 103 Å². The maximum atomic E-state index is 13.1. The van der Waals surface area contributed by atoms with Gasteiger partial charge < -0.3 is 9.84 Å². The number of carbonyl (C=O) groups excluding carboxylic acids is 2. The molecule has 0 unspecified atom stereocenters. The number of hydrogen-bond donors (Lipinski definition) is 1. The molecule has 0 bridgehead atoms. The highest BCUT2D eigenvalue weighted by molar-refractivity contribution is 6.04. The van der Waals surface area contributed by atoms with Crippen molar-refractivity contribution in [3.8, 4) is 17.0 Å². The van der Waals surface area contributed by atoms with Crippen molar-refractivity contribution in [2.45, 2.75) is 26.7 Å². The third-order valence-electron chi connectivity index (χ3n) is 5.75. The van der Waals surface area contributed by atoms with E-state index < -0.39 is 0 Å². The summed E-state index contributed by atoms with van der Waals surface area (Å²) < 4.78 is 7.32. The van der Waals surface area contributed by atoms with Gasteiger partial charge in [0.15, 0.2) is 17.2 Å². The van der Waals surface area contributed by atoms with Crippen molar-refractivity contribution < 1.29 is 14.1 Å². The van der Waals surface area contributed by atoms with E-state index in [-0.39, 0.29) is 17.4 Å². The predicted octanol–water partition coefficient (Wildman–Crippen LogP) is 5.48. The lowest BCUT2D eigenvalue weighted by Crippen LogP contribution is -2.15. The highest BCUT2D eigenvalue weighted by Crippen LogP contribution is 2.30. The number of hydrogen-bond acceptors (Lipinski definition) is 6. The zero-order valence-electron chi connectivity index (χ0n) is 19.4. The zero-order chi connectivity index (χ0) is 24.4. The largest absolute Gasteiger partial charge is 0.355 e. The summed E-state index contributed by atoms with van der Waals surface area (Å²) in [4.78, 5) is 24.6. The molecule has 2 heterocycles. The van der Waals surface area contributed by atoms with Crippen molar-refractivity contribution in [3.05, 3.63) is 89.7 Å². The standard InChI is InChI=1S/C27H23N5O3/c1-3-7-24-25(27(34)28-20-12-10-18(11-13-20)17(2)33)29-31-32(24)21-14-15-23-22(16-21)26(35-30-23)19-8-5-4-6-9-19/h4-6,8-16H,3,7H2,1-2H3,(H,28,34). The van der Waals surface area contributed by atoms with Crippen LogP contribution in [-0.4, -0.2) is 31.8 Å². The summed E-state index contributed by atoms with van der Waals surface area (Å²) >= 11 is 0. The molecule has 0 spiro atoms. The highest BCUT2D eigenvalue weighted by Gasteiger charge is 2.21. The molecular formula is C27H23N5O3. The SMILES string of the molecule is CCCc1c(C(=O)Nc2ccc(C(C)=O)cc2)nnn1-c1ccc2noc(-c3ccccc3)c2c1. The van der Waals surface area contributed by atoms with Crippen LogP contribution in [0.1, 0.15) is 46.8 Å². The van der Waals surface area contributed by atoms with Gasteiger partial charge in [0, 0.05) is 16.8 Å². The fourth-order valence-electron chi connectivity index (χ4n) is 3.98. The molecule has 0 fully saturated rings. The van der Waals surface area contributed by atoms with E-state index in [0.29, 0.717) is 29.1 Å². The maximum Gasteiger partial charge on any atom is 0.278 e. The summed E-state index contributed by atoms with van der Waals surface area (Å²) in [7, 11) is 0. The molecule has 35 heavy (non-hydrogen) atoms. The van der Waals surface area contributed by atoms with Crippen LogP contribution in [0.5, 0.6) is 0 Å². The van der Waals surface area contributed by atoms with Gasteiger partial charge in [0.1, 0.15) is 5.52 Å². The van der Waals surface area contributed by atoms with Gasteiger partial charge in [0.05, 0.1) is 16.8 Å². The summed E-state index contributed by atoms with van der Waals surface area (Å²) in [6.45, 7) is 3.54. The molecule has 0 saturated heterocycles. The molecule has 0 saturated carbocycles. The van der Waals surface area contributed by atoms with Crippen LogP contribution in [0.3, 0.4) is 0 Å². The highest BCUT2D eigenvalue weighted by atomic mass is 16.5. The number of nitrogens with one attached hydrogen (secondary N) is 1. The van der Waals surface area contributed by atoms with Crippen LogP contribution in [0.25, 0.3) is 27.9 Å². The van der Waals surface area contributed by atoms with Crippen LogP contribution < -0.4 is 5.32 Å². The summed E-state index contributed by atoms with van der Waals surface area (Å²) in [5.74, 6) is 0.286. The molecule has 0 aliphatic carbocycles. The third-order valence-corrected chi connectivity index (χ3v) is 5.75. The Morgan fingerprint density at radius 2 is 1.77 bits per heavy atom. The molecule has 5 rings (SSSR count). The molecule has 0 radical (unpaired) electrons. The van der Waals surface area contributed by atoms with Crippen LogP contribution in [-0.2, 0) is 6.42 Å². The van der Waals surface area contributed by atoms with Crippen molar-refractivity contribution in [1.29, 1.82) is 0 Å². The first-order chi connectivity index (χ1) is 17.0. The molecule has 5 aromatic rings. The van der Waals surface area contributed by atoms with E-state index in [1.807, 2.05) is 55.5 Å². The van der Waals surface area contributed by atoms with Crippen LogP contribution >= 0.6 is 0 Å². The minimum Gasteiger partial charge on any atom is -0.355 e. The Morgan fingerprint density at radius 1 is 1.00 bits per heavy atom. The molecule has 8 heteroatoms. The van der Waals surface area contributed by atoms with E-state index >= 15 is 0 Å². The average molecular weight is 466 g/mol. The minimum atomic E-state index is -0.355. The average Bonchev–Trinajstić information content (AvgIpc) is 3.49. The van der Waals surface area contributed by atoms with E-state index in [2.05, 4.69) is 20.8 Å². The number of anilines is 1. The Kier molecular flexibility index (Phi) is 5.93. The molecule has 0 atom stereocenters. The summed E-state index contributed by atoms with van der Waals surface area (Å²) in [5.41, 5.74) is 4.56. The van der Waals surface area contributed by atoms with E-state index in [1.54, 1.807) is 28.9 Å². The van der Waals surface area contributed by atoms with Gasteiger partial charge in [-0.2, -0.15) is 0 Å². The third kappa shape index (κ3) is 4.33. The molecule has 1 amide bonds. The van der Waals surface area contributed by atoms with Crippen LogP contribution in [0.4, 0.5) is 5.69 Å². The lowest BCUT2D eigenvalue weighted by atomic mass is 10.1. The van der Waals surface area contributed by atoms with Gasteiger partial charge in [0.25, 0.3) is 5.91 Å². The van der Waals surface area contributed by atoms with Gasteiger partial charge >= 0.3 is 0 Å². The second-order valence-corrected chi connectivity index (χ2v) is 8.21. The Morgan fingerprint density at radius 3 is 2.49 bits per heavy atom. The number of Topliss-reactive ketones (excluding diaryl/α,β-unsaturated/α-hetero) is 1. The molecule has 0 aliphatic rings. The first kappa shape index (κ1) is 22.2. The Balaban J connectivity index is 1.49. The maximum absolute atomic E-state index is 13.1. The van der Waals surface area contributed by atoms with E-state index in [9.17, 15) is 9.59 Å². The van der Waals surface area contributed by atoms with E-state index in [0.717, 1.165) is 28.6 Å². The summed E-state index contributed by atoms with van der Waals surface area (Å²) in [6, 6.07) is 22.2. The molecule has 1 N–H and O–H groups in total. The molecule has 0 aliphatic heterocycles. The lowest BCUT2D eigenvalue weighted by Gasteiger charge is -2.08. The second-order valence-electron chi connectivity index (χ2n) is 8.21. The first-order valence-corrected chi connectivity index (χ1v) is 11.4. The van der Waals surface area contributed by atoms with Gasteiger partial charge in [-0.25, -0.2) is 4.68 Å².